The maximum Gasteiger partial charge on any atom is 0.255 e. The predicted octanol–water partition coefficient (Wildman–Crippen LogP) is 4.97. The van der Waals surface area contributed by atoms with Gasteiger partial charge < -0.3 is 11.1 Å². The largest absolute Gasteiger partial charge is 0.398 e. The van der Waals surface area contributed by atoms with Gasteiger partial charge in [0.05, 0.1) is 5.52 Å². The Bertz CT molecular complexity index is 1150. The number of fused-ring (bicyclic) bond motifs is 1. The minimum Gasteiger partial charge on any atom is -0.398 e. The number of nitrogen functional groups attached to an aromatic ring is 1. The highest BCUT2D eigenvalue weighted by Crippen LogP contribution is 2.24. The smallest absolute Gasteiger partial charge is 0.255 e. The van der Waals surface area contributed by atoms with Crippen LogP contribution in [0, 0.1) is 6.92 Å². The Morgan fingerprint density at radius 3 is 2.54 bits per heavy atom. The summed E-state index contributed by atoms with van der Waals surface area (Å²) in [7, 11) is 0. The summed E-state index contributed by atoms with van der Waals surface area (Å²) in [6.45, 7) is 1.91. The van der Waals surface area contributed by atoms with Crippen LogP contribution < -0.4 is 11.1 Å². The number of aryl methyl sites for hydroxylation is 1. The lowest BCUT2D eigenvalue weighted by Gasteiger charge is -2.09. The SMILES string of the molecule is Cc1cc(N)c2cc(NC(=O)c3cccc(Cc4ccccc4)c3)ccc2n1. The minimum absolute atomic E-state index is 0.145. The molecule has 1 amide bonds. The van der Waals surface area contributed by atoms with Gasteiger partial charge in [0, 0.05) is 28.0 Å². The van der Waals surface area contributed by atoms with Crippen LogP contribution in [0.1, 0.15) is 27.2 Å². The van der Waals surface area contributed by atoms with Crippen molar-refractivity contribution in [2.24, 2.45) is 0 Å². The van der Waals surface area contributed by atoms with Crippen LogP contribution in [0.25, 0.3) is 10.9 Å². The number of nitrogens with zero attached hydrogens (tertiary/aromatic N) is 1. The molecule has 0 aliphatic carbocycles. The average molecular weight is 367 g/mol. The fraction of sp³-hybridized carbons (Fsp3) is 0.0833. The van der Waals surface area contributed by atoms with Gasteiger partial charge in [-0.25, -0.2) is 0 Å². The van der Waals surface area contributed by atoms with E-state index < -0.39 is 0 Å². The molecule has 0 saturated heterocycles. The van der Waals surface area contributed by atoms with Gasteiger partial charge in [-0.05, 0) is 60.9 Å². The molecular weight excluding hydrogens is 346 g/mol. The number of pyridine rings is 1. The van der Waals surface area contributed by atoms with Crippen molar-refractivity contribution < 1.29 is 4.79 Å². The van der Waals surface area contributed by atoms with Crippen molar-refractivity contribution in [2.75, 3.05) is 11.1 Å². The zero-order valence-corrected chi connectivity index (χ0v) is 15.6. The van der Waals surface area contributed by atoms with E-state index in [1.807, 2.05) is 73.7 Å². The third kappa shape index (κ3) is 3.86. The van der Waals surface area contributed by atoms with E-state index in [-0.39, 0.29) is 5.91 Å². The van der Waals surface area contributed by atoms with Crippen LogP contribution in [-0.2, 0) is 6.42 Å². The number of hydrogen-bond donors (Lipinski definition) is 2. The van der Waals surface area contributed by atoms with Crippen molar-refractivity contribution in [2.45, 2.75) is 13.3 Å². The molecule has 4 nitrogen and oxygen atoms in total. The molecule has 1 aromatic heterocycles. The molecular formula is C24H21N3O. The summed E-state index contributed by atoms with van der Waals surface area (Å²) in [5, 5.41) is 3.80. The molecule has 3 aromatic carbocycles. The Labute approximate surface area is 164 Å². The summed E-state index contributed by atoms with van der Waals surface area (Å²) in [6, 6.07) is 25.3. The third-order valence-corrected chi connectivity index (χ3v) is 4.67. The first-order valence-electron chi connectivity index (χ1n) is 9.19. The molecule has 0 unspecified atom stereocenters. The average Bonchev–Trinajstić information content (AvgIpc) is 2.69. The Morgan fingerprint density at radius 1 is 0.929 bits per heavy atom. The lowest BCUT2D eigenvalue weighted by atomic mass is 10.0. The van der Waals surface area contributed by atoms with Gasteiger partial charge in [-0.3, -0.25) is 9.78 Å². The highest BCUT2D eigenvalue weighted by Gasteiger charge is 2.09. The van der Waals surface area contributed by atoms with Gasteiger partial charge in [-0.15, -0.1) is 0 Å². The van der Waals surface area contributed by atoms with Crippen LogP contribution in [0.3, 0.4) is 0 Å². The number of nitrogens with two attached hydrogens (primary N) is 1. The molecule has 0 bridgehead atoms. The van der Waals surface area contributed by atoms with E-state index in [4.69, 9.17) is 5.73 Å². The highest BCUT2D eigenvalue weighted by atomic mass is 16.1. The second kappa shape index (κ2) is 7.53. The molecule has 4 heteroatoms. The van der Waals surface area contributed by atoms with Crippen LogP contribution in [0.5, 0.6) is 0 Å². The van der Waals surface area contributed by atoms with Crippen molar-refractivity contribution in [1.82, 2.24) is 4.98 Å². The minimum atomic E-state index is -0.145. The lowest BCUT2D eigenvalue weighted by molar-refractivity contribution is 0.102. The van der Waals surface area contributed by atoms with E-state index in [2.05, 4.69) is 22.4 Å². The van der Waals surface area contributed by atoms with Crippen molar-refractivity contribution in [3.8, 4) is 0 Å². The van der Waals surface area contributed by atoms with E-state index in [0.717, 1.165) is 28.6 Å². The summed E-state index contributed by atoms with van der Waals surface area (Å²) in [5.74, 6) is -0.145. The topological polar surface area (TPSA) is 68.0 Å². The monoisotopic (exact) mass is 367 g/mol. The van der Waals surface area contributed by atoms with E-state index in [0.29, 0.717) is 16.9 Å². The van der Waals surface area contributed by atoms with Gasteiger partial charge in [0.1, 0.15) is 0 Å². The molecule has 4 aromatic rings. The number of carbonyl (C=O) groups is 1. The molecule has 0 fully saturated rings. The molecule has 0 radical (unpaired) electrons. The molecule has 3 N–H and O–H groups in total. The molecule has 1 heterocycles. The predicted molar refractivity (Wildman–Crippen MR) is 115 cm³/mol. The van der Waals surface area contributed by atoms with Gasteiger partial charge >= 0.3 is 0 Å². The number of aromatic nitrogens is 1. The quantitative estimate of drug-likeness (QED) is 0.535. The summed E-state index contributed by atoms with van der Waals surface area (Å²) < 4.78 is 0. The molecule has 4 rings (SSSR count). The van der Waals surface area contributed by atoms with E-state index >= 15 is 0 Å². The summed E-state index contributed by atoms with van der Waals surface area (Å²) in [5.41, 5.74) is 12.1. The molecule has 0 spiro atoms. The molecule has 0 atom stereocenters. The van der Waals surface area contributed by atoms with Crippen molar-refractivity contribution in [3.63, 3.8) is 0 Å². The third-order valence-electron chi connectivity index (χ3n) is 4.67. The molecule has 0 aliphatic heterocycles. The van der Waals surface area contributed by atoms with Gasteiger partial charge in [0.25, 0.3) is 5.91 Å². The molecule has 0 saturated carbocycles. The van der Waals surface area contributed by atoms with Crippen LogP contribution in [0.2, 0.25) is 0 Å². The van der Waals surface area contributed by atoms with Crippen LogP contribution in [0.4, 0.5) is 11.4 Å². The number of rotatable bonds is 4. The Kier molecular flexibility index (Phi) is 4.77. The summed E-state index contributed by atoms with van der Waals surface area (Å²) >= 11 is 0. The maximum absolute atomic E-state index is 12.7. The van der Waals surface area contributed by atoms with Gasteiger partial charge in [-0.1, -0.05) is 42.5 Å². The van der Waals surface area contributed by atoms with Crippen molar-refractivity contribution >= 4 is 28.2 Å². The van der Waals surface area contributed by atoms with Gasteiger partial charge in [0.2, 0.25) is 0 Å². The zero-order valence-electron chi connectivity index (χ0n) is 15.6. The van der Waals surface area contributed by atoms with Crippen LogP contribution >= 0.6 is 0 Å². The lowest BCUT2D eigenvalue weighted by Crippen LogP contribution is -2.12. The molecule has 28 heavy (non-hydrogen) atoms. The number of nitrogens with one attached hydrogen (secondary N) is 1. The summed E-state index contributed by atoms with van der Waals surface area (Å²) in [4.78, 5) is 17.2. The number of benzene rings is 3. The first kappa shape index (κ1) is 17.7. The van der Waals surface area contributed by atoms with Crippen molar-refractivity contribution in [3.05, 3.63) is 101 Å². The number of hydrogen-bond acceptors (Lipinski definition) is 3. The van der Waals surface area contributed by atoms with Crippen LogP contribution in [0.15, 0.2) is 78.9 Å². The van der Waals surface area contributed by atoms with E-state index in [1.165, 1.54) is 5.56 Å². The fourth-order valence-corrected chi connectivity index (χ4v) is 3.32. The van der Waals surface area contributed by atoms with Crippen molar-refractivity contribution in [1.29, 1.82) is 0 Å². The van der Waals surface area contributed by atoms with Gasteiger partial charge in [0.15, 0.2) is 0 Å². The second-order valence-corrected chi connectivity index (χ2v) is 6.90. The Balaban J connectivity index is 1.55. The van der Waals surface area contributed by atoms with E-state index in [9.17, 15) is 4.79 Å². The molecule has 138 valence electrons. The maximum atomic E-state index is 12.7. The standard InChI is InChI=1S/C24H21N3O/c1-16-12-22(25)21-15-20(10-11-23(21)26-16)27-24(28)19-9-5-8-18(14-19)13-17-6-3-2-4-7-17/h2-12,14-15H,13H2,1H3,(H2,25,26)(H,27,28). The Hall–Kier alpha value is -3.66. The van der Waals surface area contributed by atoms with E-state index in [1.54, 1.807) is 0 Å². The zero-order chi connectivity index (χ0) is 19.5. The number of carbonyl (C=O) groups excluding carboxylic acids is 1. The Morgan fingerprint density at radius 2 is 1.71 bits per heavy atom. The number of amides is 1. The second-order valence-electron chi connectivity index (χ2n) is 6.90. The van der Waals surface area contributed by atoms with Gasteiger partial charge in [-0.2, -0.15) is 0 Å². The summed E-state index contributed by atoms with van der Waals surface area (Å²) in [6.07, 6.45) is 0.791. The molecule has 0 aliphatic rings. The van der Waals surface area contributed by atoms with Crippen LogP contribution in [-0.4, -0.2) is 10.9 Å². The normalized spacial score (nSPS) is 10.8. The first-order chi connectivity index (χ1) is 13.6. The number of anilines is 2. The fourth-order valence-electron chi connectivity index (χ4n) is 3.32. The first-order valence-corrected chi connectivity index (χ1v) is 9.19. The highest BCUT2D eigenvalue weighted by molar-refractivity contribution is 6.05.